The van der Waals surface area contributed by atoms with E-state index in [1.54, 1.807) is 30.3 Å². The number of nitrogens with one attached hydrogen (secondary N) is 1. The van der Waals surface area contributed by atoms with Crippen LogP contribution in [-0.4, -0.2) is 47.2 Å². The number of carboxylic acid groups (broad SMARTS) is 1. The first kappa shape index (κ1) is 29.6. The lowest BCUT2D eigenvalue weighted by atomic mass is 9.76. The van der Waals surface area contributed by atoms with Crippen molar-refractivity contribution >= 4 is 18.0 Å². The molecule has 2 rings (SSSR count). The second-order valence-corrected chi connectivity index (χ2v) is 9.48. The molecule has 1 aliphatic rings. The van der Waals surface area contributed by atoms with Gasteiger partial charge in [-0.3, -0.25) is 9.63 Å². The summed E-state index contributed by atoms with van der Waals surface area (Å²) in [5, 5.41) is 21.9. The highest BCUT2D eigenvalue weighted by molar-refractivity contribution is 5.85. The zero-order valence-corrected chi connectivity index (χ0v) is 21.4. The van der Waals surface area contributed by atoms with E-state index >= 15 is 0 Å². The number of hydrogen-bond acceptors (Lipinski definition) is 8. The van der Waals surface area contributed by atoms with Gasteiger partial charge in [0.05, 0.1) is 0 Å². The van der Waals surface area contributed by atoms with Crippen LogP contribution in [0.15, 0.2) is 42.5 Å². The third-order valence-corrected chi connectivity index (χ3v) is 6.63. The molecule has 37 heavy (non-hydrogen) atoms. The second kappa shape index (κ2) is 14.8. The minimum Gasteiger partial charge on any atom is -0.480 e. The van der Waals surface area contributed by atoms with Crippen molar-refractivity contribution in [2.75, 3.05) is 6.61 Å². The van der Waals surface area contributed by atoms with Crippen LogP contribution in [-0.2, 0) is 23.9 Å². The molecular formula is C26H36N2O9. The lowest BCUT2D eigenvalue weighted by molar-refractivity contribution is -0.777. The molecule has 1 aromatic carbocycles. The first-order valence-electron chi connectivity index (χ1n) is 12.5. The fourth-order valence-corrected chi connectivity index (χ4v) is 4.56. The average Bonchev–Trinajstić information content (AvgIpc) is 2.84. The fraction of sp³-hybridized carbons (Fsp3) is 0.577. The molecule has 0 spiro atoms. The third kappa shape index (κ3) is 10.1. The Morgan fingerprint density at radius 2 is 1.76 bits per heavy atom. The Hall–Kier alpha value is -3.63. The van der Waals surface area contributed by atoms with Crippen LogP contribution >= 0.6 is 0 Å². The predicted molar refractivity (Wildman–Crippen MR) is 133 cm³/mol. The zero-order valence-electron chi connectivity index (χ0n) is 21.4. The van der Waals surface area contributed by atoms with Gasteiger partial charge in [0, 0.05) is 11.8 Å². The average molecular weight is 521 g/mol. The van der Waals surface area contributed by atoms with Crippen LogP contribution in [0.1, 0.15) is 64.4 Å². The summed E-state index contributed by atoms with van der Waals surface area (Å²) in [6.07, 6.45) is 4.24. The third-order valence-electron chi connectivity index (χ3n) is 6.63. The smallest absolute Gasteiger partial charge is 0.480 e. The summed E-state index contributed by atoms with van der Waals surface area (Å²) < 4.78 is 9.39. The van der Waals surface area contributed by atoms with Crippen LogP contribution in [0, 0.1) is 27.9 Å². The molecule has 0 aliphatic heterocycles. The van der Waals surface area contributed by atoms with Crippen molar-refractivity contribution in [3.63, 3.8) is 0 Å². The molecule has 0 radical (unpaired) electrons. The van der Waals surface area contributed by atoms with Gasteiger partial charge < -0.3 is 19.9 Å². The van der Waals surface area contributed by atoms with Crippen LogP contribution < -0.4 is 5.32 Å². The van der Waals surface area contributed by atoms with Crippen LogP contribution in [0.5, 0.6) is 0 Å². The summed E-state index contributed by atoms with van der Waals surface area (Å²) in [5.41, 5.74) is 0.745. The molecule has 2 N–H and O–H groups in total. The molecule has 1 aliphatic carbocycles. The molecule has 1 aromatic rings. The van der Waals surface area contributed by atoms with Gasteiger partial charge in [0.15, 0.2) is 0 Å². The number of aliphatic carboxylic acids is 1. The van der Waals surface area contributed by atoms with E-state index in [1.165, 1.54) is 13.0 Å². The van der Waals surface area contributed by atoms with Gasteiger partial charge in [0.25, 0.3) is 5.09 Å². The highest BCUT2D eigenvalue weighted by Gasteiger charge is 2.34. The van der Waals surface area contributed by atoms with Crippen LogP contribution in [0.2, 0.25) is 0 Å². The Morgan fingerprint density at radius 3 is 2.32 bits per heavy atom. The van der Waals surface area contributed by atoms with Crippen LogP contribution in [0.3, 0.4) is 0 Å². The van der Waals surface area contributed by atoms with E-state index in [2.05, 4.69) is 28.7 Å². The van der Waals surface area contributed by atoms with E-state index in [0.29, 0.717) is 11.8 Å². The van der Waals surface area contributed by atoms with Crippen molar-refractivity contribution in [2.45, 2.75) is 71.1 Å². The standard InChI is InChI=1S/C26H36N2O9/c1-17(2)19-12-14-21(15-13-19)24(29)27-23(25(30)31)22(20-9-5-4-6-10-20)11-7-8-16-35-26(32)36-18(3)37-28(33)34/h4-10,17-19,21-23H,11-16H2,1-3H3,(H,27,29)(H,30,31)/b8-7-/t18?,19?,21?,22?,23-/m1/s1. The van der Waals surface area contributed by atoms with Crippen molar-refractivity contribution < 1.29 is 38.9 Å². The normalized spacial score (nSPS) is 20.0. The van der Waals surface area contributed by atoms with E-state index in [4.69, 9.17) is 4.74 Å². The van der Waals surface area contributed by atoms with Crippen LogP contribution in [0.4, 0.5) is 4.79 Å². The number of benzene rings is 1. The molecule has 0 heterocycles. The van der Waals surface area contributed by atoms with Gasteiger partial charge in [-0.05, 0) is 56.4 Å². The number of carbonyl (C=O) groups excluding carboxylic acids is 2. The second-order valence-electron chi connectivity index (χ2n) is 9.48. The lowest BCUT2D eigenvalue weighted by Gasteiger charge is -2.32. The van der Waals surface area contributed by atoms with E-state index in [-0.39, 0.29) is 24.9 Å². The van der Waals surface area contributed by atoms with Gasteiger partial charge in [0.1, 0.15) is 12.6 Å². The number of allylic oxidation sites excluding steroid dienone is 1. The molecular weight excluding hydrogens is 484 g/mol. The topological polar surface area (TPSA) is 154 Å². The Bertz CT molecular complexity index is 927. The van der Waals surface area contributed by atoms with Gasteiger partial charge in [-0.2, -0.15) is 0 Å². The Balaban J connectivity index is 2.00. The van der Waals surface area contributed by atoms with E-state index in [9.17, 15) is 29.6 Å². The first-order valence-corrected chi connectivity index (χ1v) is 12.5. The van der Waals surface area contributed by atoms with Crippen molar-refractivity contribution in [3.8, 4) is 0 Å². The fourth-order valence-electron chi connectivity index (χ4n) is 4.56. The van der Waals surface area contributed by atoms with E-state index in [1.807, 2.05) is 6.07 Å². The SMILES string of the molecule is CC(OC(=O)OC/C=C\CC(c1ccccc1)[C@@H](NC(=O)C1CCC(C(C)C)CC1)C(=O)O)O[N+](=O)[O-]. The van der Waals surface area contributed by atoms with Gasteiger partial charge >= 0.3 is 12.1 Å². The van der Waals surface area contributed by atoms with Crippen molar-refractivity contribution in [1.29, 1.82) is 0 Å². The number of carbonyl (C=O) groups is 3. The molecule has 1 amide bonds. The van der Waals surface area contributed by atoms with Crippen molar-refractivity contribution in [3.05, 3.63) is 58.2 Å². The molecule has 1 saturated carbocycles. The quantitative estimate of drug-likeness (QED) is 0.126. The van der Waals surface area contributed by atoms with E-state index in [0.717, 1.165) is 31.2 Å². The maximum absolute atomic E-state index is 13.0. The summed E-state index contributed by atoms with van der Waals surface area (Å²) in [5.74, 6) is -0.988. The number of hydrogen-bond donors (Lipinski definition) is 2. The molecule has 0 aromatic heterocycles. The van der Waals surface area contributed by atoms with Crippen molar-refractivity contribution in [2.24, 2.45) is 17.8 Å². The largest absolute Gasteiger partial charge is 0.510 e. The maximum Gasteiger partial charge on any atom is 0.510 e. The van der Waals surface area contributed by atoms with Gasteiger partial charge in [0.2, 0.25) is 12.2 Å². The summed E-state index contributed by atoms with van der Waals surface area (Å²) in [7, 11) is 0. The molecule has 2 unspecified atom stereocenters. The number of amides is 1. The molecule has 0 bridgehead atoms. The molecule has 1 fully saturated rings. The highest BCUT2D eigenvalue weighted by atomic mass is 17.0. The Kier molecular flexibility index (Phi) is 11.9. The molecule has 0 saturated heterocycles. The molecule has 11 nitrogen and oxygen atoms in total. The van der Waals surface area contributed by atoms with Gasteiger partial charge in [-0.15, -0.1) is 10.1 Å². The minimum absolute atomic E-state index is 0.200. The zero-order chi connectivity index (χ0) is 27.4. The summed E-state index contributed by atoms with van der Waals surface area (Å²) in [4.78, 5) is 51.1. The van der Waals surface area contributed by atoms with E-state index < -0.39 is 35.5 Å². The monoisotopic (exact) mass is 520 g/mol. The summed E-state index contributed by atoms with van der Waals surface area (Å²) >= 11 is 0. The highest BCUT2D eigenvalue weighted by Crippen LogP contribution is 2.34. The van der Waals surface area contributed by atoms with Crippen molar-refractivity contribution in [1.82, 2.24) is 5.32 Å². The predicted octanol–water partition coefficient (Wildman–Crippen LogP) is 4.46. The summed E-state index contributed by atoms with van der Waals surface area (Å²) in [6, 6.07) is 7.88. The number of nitrogens with zero attached hydrogens (tertiary/aromatic N) is 1. The lowest BCUT2D eigenvalue weighted by Crippen LogP contribution is -2.47. The van der Waals surface area contributed by atoms with Crippen LogP contribution in [0.25, 0.3) is 0 Å². The summed E-state index contributed by atoms with van der Waals surface area (Å²) in [6.45, 7) is 5.33. The number of rotatable bonds is 13. The Labute approximate surface area is 216 Å². The van der Waals surface area contributed by atoms with Gasteiger partial charge in [-0.25, -0.2) is 9.59 Å². The van der Waals surface area contributed by atoms with Gasteiger partial charge in [-0.1, -0.05) is 56.3 Å². The molecule has 11 heteroatoms. The molecule has 204 valence electrons. The minimum atomic E-state index is -1.42. The Morgan fingerprint density at radius 1 is 1.11 bits per heavy atom. The maximum atomic E-state index is 13.0. The number of ether oxygens (including phenoxy) is 2. The first-order chi connectivity index (χ1) is 17.6. The number of carboxylic acids is 1. The molecule has 3 atom stereocenters.